The van der Waals surface area contributed by atoms with Gasteiger partial charge in [0.2, 0.25) is 0 Å². The summed E-state index contributed by atoms with van der Waals surface area (Å²) in [6.45, 7) is 9.37. The molecule has 1 aromatic heterocycles. The van der Waals surface area contributed by atoms with Crippen molar-refractivity contribution in [2.24, 2.45) is 7.05 Å². The number of nitriles is 1. The highest BCUT2D eigenvalue weighted by atomic mass is 16.1. The molecule has 2 heterocycles. The van der Waals surface area contributed by atoms with E-state index in [0.29, 0.717) is 11.3 Å². The van der Waals surface area contributed by atoms with E-state index >= 15 is 0 Å². The van der Waals surface area contributed by atoms with Gasteiger partial charge in [0, 0.05) is 61.6 Å². The highest BCUT2D eigenvalue weighted by molar-refractivity contribution is 6.05. The third-order valence-corrected chi connectivity index (χ3v) is 7.14. The van der Waals surface area contributed by atoms with Crippen molar-refractivity contribution in [3.63, 3.8) is 0 Å². The molecule has 0 saturated carbocycles. The van der Waals surface area contributed by atoms with Crippen molar-refractivity contribution < 1.29 is 4.79 Å². The second-order valence-electron chi connectivity index (χ2n) is 10.4. The lowest BCUT2D eigenvalue weighted by Gasteiger charge is -2.24. The first-order valence-corrected chi connectivity index (χ1v) is 12.9. The first-order chi connectivity index (χ1) is 18.5. The van der Waals surface area contributed by atoms with E-state index in [1.165, 1.54) is 0 Å². The average molecular weight is 528 g/mol. The lowest BCUT2D eigenvalue weighted by Crippen LogP contribution is -2.36. The number of hydrazine groups is 2. The Balaban J connectivity index is 1.61. The molecule has 0 saturated heterocycles. The zero-order chi connectivity index (χ0) is 28.3. The summed E-state index contributed by atoms with van der Waals surface area (Å²) < 4.78 is 1.83. The Morgan fingerprint density at radius 2 is 1.97 bits per heavy atom. The number of nitrogens with zero attached hydrogens (tertiary/aromatic N) is 5. The largest absolute Gasteiger partial charge is 0.373 e. The predicted octanol–water partition coefficient (Wildman–Crippen LogP) is 3.57. The Hall–Kier alpha value is -4.33. The van der Waals surface area contributed by atoms with Gasteiger partial charge in [0.25, 0.3) is 5.91 Å². The third-order valence-electron chi connectivity index (χ3n) is 7.14. The summed E-state index contributed by atoms with van der Waals surface area (Å²) in [6.07, 6.45) is 3.77. The number of hydrogen-bond donors (Lipinski definition) is 4. The number of carbonyl (C=O) groups excluding carboxylic acids is 1. The molecule has 10 nitrogen and oxygen atoms in total. The minimum Gasteiger partial charge on any atom is -0.373 e. The fourth-order valence-corrected chi connectivity index (χ4v) is 4.30. The molecule has 4 N–H and O–H groups in total. The summed E-state index contributed by atoms with van der Waals surface area (Å²) in [6, 6.07) is 13.8. The first kappa shape index (κ1) is 27.7. The Bertz CT molecular complexity index is 1450. The number of carbonyl (C=O) groups is 1. The van der Waals surface area contributed by atoms with E-state index in [2.05, 4.69) is 37.7 Å². The van der Waals surface area contributed by atoms with Gasteiger partial charge in [0.15, 0.2) is 0 Å². The van der Waals surface area contributed by atoms with Gasteiger partial charge in [-0.15, -0.1) is 5.53 Å². The summed E-state index contributed by atoms with van der Waals surface area (Å²) >= 11 is 0. The molecule has 0 radical (unpaired) electrons. The molecule has 0 spiro atoms. The van der Waals surface area contributed by atoms with E-state index in [-0.39, 0.29) is 5.91 Å². The van der Waals surface area contributed by atoms with E-state index in [0.717, 1.165) is 52.5 Å². The number of aromatic nitrogens is 2. The van der Waals surface area contributed by atoms with Crippen molar-refractivity contribution in [3.05, 3.63) is 76.7 Å². The quantitative estimate of drug-likeness (QED) is 0.334. The van der Waals surface area contributed by atoms with E-state index in [1.807, 2.05) is 107 Å². The average Bonchev–Trinajstić information content (AvgIpc) is 3.53. The normalized spacial score (nSPS) is 13.1. The number of likely N-dealkylation sites (N-methyl/N-ethyl adjacent to an activating group) is 2. The van der Waals surface area contributed by atoms with Crippen LogP contribution < -0.4 is 31.5 Å². The van der Waals surface area contributed by atoms with Crippen LogP contribution in [0.5, 0.6) is 0 Å². The van der Waals surface area contributed by atoms with Crippen LogP contribution in [0.1, 0.15) is 46.6 Å². The van der Waals surface area contributed by atoms with Crippen LogP contribution in [-0.2, 0) is 12.5 Å². The van der Waals surface area contributed by atoms with E-state index in [4.69, 9.17) is 0 Å². The van der Waals surface area contributed by atoms with E-state index in [1.54, 1.807) is 0 Å². The predicted molar refractivity (Wildman–Crippen MR) is 156 cm³/mol. The van der Waals surface area contributed by atoms with Crippen molar-refractivity contribution in [2.75, 3.05) is 42.4 Å². The summed E-state index contributed by atoms with van der Waals surface area (Å²) in [5.74, 6) is -0.230. The standard InChI is InChI=1S/C29H37N9O/c1-19-8-9-21(12-27(19)38-17-26(34-35-38)25-16-32-37(7)20(25)2)28(39)33-23-13-22(29(3,4)18-30)14-24(15-23)36(6)11-10-31-5/h8-9,12-17,31,34-35H,10-11H2,1-7H3,(H,33,39). The van der Waals surface area contributed by atoms with Crippen LogP contribution in [-0.4, -0.2) is 42.9 Å². The molecule has 0 atom stereocenters. The minimum atomic E-state index is -0.707. The minimum absolute atomic E-state index is 0.230. The van der Waals surface area contributed by atoms with Crippen LogP contribution in [0.2, 0.25) is 0 Å². The fourth-order valence-electron chi connectivity index (χ4n) is 4.30. The number of nitrogens with one attached hydrogen (secondary N) is 4. The van der Waals surface area contributed by atoms with Gasteiger partial charge < -0.3 is 21.0 Å². The zero-order valence-electron chi connectivity index (χ0n) is 23.7. The monoisotopic (exact) mass is 527 g/mol. The smallest absolute Gasteiger partial charge is 0.255 e. The molecular weight excluding hydrogens is 490 g/mol. The molecule has 204 valence electrons. The fraction of sp³-hybridized carbons (Fsp3) is 0.345. The first-order valence-electron chi connectivity index (χ1n) is 12.9. The topological polar surface area (TPSA) is 113 Å². The zero-order valence-corrected chi connectivity index (χ0v) is 23.7. The molecule has 1 aliphatic rings. The SMILES string of the molecule is CNCCN(C)c1cc(NC(=O)c2ccc(C)c(N3C=C(c4cnn(C)c4C)NN3)c2)cc(C(C)(C)C#N)c1. The highest BCUT2D eigenvalue weighted by Gasteiger charge is 2.23. The molecule has 39 heavy (non-hydrogen) atoms. The molecule has 1 aliphatic heterocycles. The number of anilines is 3. The van der Waals surface area contributed by atoms with Crippen molar-refractivity contribution in [1.29, 1.82) is 5.26 Å². The summed E-state index contributed by atoms with van der Waals surface area (Å²) in [5.41, 5.74) is 13.4. The number of rotatable bonds is 9. The molecule has 1 amide bonds. The Labute approximate surface area is 230 Å². The van der Waals surface area contributed by atoms with Crippen LogP contribution in [0.15, 0.2) is 48.8 Å². The molecular formula is C29H37N9O. The summed E-state index contributed by atoms with van der Waals surface area (Å²) in [5, 5.41) is 22.1. The highest BCUT2D eigenvalue weighted by Crippen LogP contribution is 2.31. The van der Waals surface area contributed by atoms with E-state index in [9.17, 15) is 10.1 Å². The summed E-state index contributed by atoms with van der Waals surface area (Å²) in [4.78, 5) is 15.5. The maximum atomic E-state index is 13.4. The number of hydrogen-bond acceptors (Lipinski definition) is 8. The van der Waals surface area contributed by atoms with Gasteiger partial charge in [-0.3, -0.25) is 14.5 Å². The van der Waals surface area contributed by atoms with Crippen molar-refractivity contribution >= 4 is 28.7 Å². The molecule has 0 bridgehead atoms. The number of benzene rings is 2. The van der Waals surface area contributed by atoms with Crippen LogP contribution in [0.3, 0.4) is 0 Å². The molecule has 2 aromatic carbocycles. The van der Waals surface area contributed by atoms with E-state index < -0.39 is 5.41 Å². The lowest BCUT2D eigenvalue weighted by molar-refractivity contribution is 0.102. The molecule has 0 fully saturated rings. The van der Waals surface area contributed by atoms with Crippen molar-refractivity contribution in [2.45, 2.75) is 33.1 Å². The second-order valence-corrected chi connectivity index (χ2v) is 10.4. The van der Waals surface area contributed by atoms with Crippen LogP contribution in [0.4, 0.5) is 17.1 Å². The lowest BCUT2D eigenvalue weighted by atomic mass is 9.85. The Morgan fingerprint density at radius 1 is 1.21 bits per heavy atom. The van der Waals surface area contributed by atoms with Gasteiger partial charge in [0.1, 0.15) is 0 Å². The molecule has 3 aromatic rings. The molecule has 0 aliphatic carbocycles. The number of aryl methyl sites for hydroxylation is 2. The van der Waals surface area contributed by atoms with Gasteiger partial charge in [-0.05, 0) is 76.2 Å². The molecule has 4 rings (SSSR count). The van der Waals surface area contributed by atoms with Gasteiger partial charge >= 0.3 is 0 Å². The number of amides is 1. The van der Waals surface area contributed by atoms with Crippen LogP contribution >= 0.6 is 0 Å². The summed E-state index contributed by atoms with van der Waals surface area (Å²) in [7, 11) is 5.82. The second kappa shape index (κ2) is 11.2. The maximum absolute atomic E-state index is 13.4. The van der Waals surface area contributed by atoms with Crippen molar-refractivity contribution in [3.8, 4) is 6.07 Å². The van der Waals surface area contributed by atoms with Crippen LogP contribution in [0, 0.1) is 25.2 Å². The Morgan fingerprint density at radius 3 is 2.64 bits per heavy atom. The Kier molecular flexibility index (Phi) is 7.95. The van der Waals surface area contributed by atoms with Gasteiger partial charge in [-0.1, -0.05) is 6.07 Å². The maximum Gasteiger partial charge on any atom is 0.255 e. The van der Waals surface area contributed by atoms with Gasteiger partial charge in [-0.2, -0.15) is 10.4 Å². The third kappa shape index (κ3) is 5.90. The molecule has 10 heteroatoms. The van der Waals surface area contributed by atoms with Crippen LogP contribution in [0.25, 0.3) is 5.70 Å². The van der Waals surface area contributed by atoms with Gasteiger partial charge in [-0.25, -0.2) is 0 Å². The van der Waals surface area contributed by atoms with Gasteiger partial charge in [0.05, 0.1) is 29.1 Å². The molecule has 0 unspecified atom stereocenters. The van der Waals surface area contributed by atoms with Crippen molar-refractivity contribution in [1.82, 2.24) is 26.1 Å².